The number of halogens is 1. The fraction of sp³-hybridized carbons (Fsp3) is 0.458. The third kappa shape index (κ3) is 5.75. The van der Waals surface area contributed by atoms with Crippen LogP contribution in [-0.4, -0.2) is 82.1 Å². The smallest absolute Gasteiger partial charge is 0.243 e. The highest BCUT2D eigenvalue weighted by Crippen LogP contribution is 2.21. The minimum atomic E-state index is -3.71. The summed E-state index contributed by atoms with van der Waals surface area (Å²) in [5.41, 5.74) is 1.83. The van der Waals surface area contributed by atoms with Crippen LogP contribution in [-0.2, 0) is 19.6 Å². The first-order valence-electron chi connectivity index (χ1n) is 11.6. The Bertz CT molecular complexity index is 1070. The Morgan fingerprint density at radius 2 is 1.62 bits per heavy atom. The van der Waals surface area contributed by atoms with Crippen LogP contribution in [0.1, 0.15) is 13.3 Å². The third-order valence-electron chi connectivity index (χ3n) is 6.38. The molecule has 4 rings (SSSR count). The third-order valence-corrected chi connectivity index (χ3v) is 8.29. The topological polar surface area (TPSA) is 82.2 Å². The number of nitrogens with one attached hydrogen (secondary N) is 1. The number of carbonyl (C=O) groups excluding carboxylic acids is 1. The van der Waals surface area contributed by atoms with Crippen LogP contribution in [0.5, 0.6) is 0 Å². The van der Waals surface area contributed by atoms with Crippen molar-refractivity contribution in [2.24, 2.45) is 0 Å². The molecule has 2 aromatic rings. The molecular formula is C24H31FN4O4S. The number of anilines is 2. The van der Waals surface area contributed by atoms with Crippen molar-refractivity contribution in [2.75, 3.05) is 62.7 Å². The van der Waals surface area contributed by atoms with Crippen molar-refractivity contribution in [2.45, 2.75) is 24.3 Å². The number of sulfonamides is 1. The van der Waals surface area contributed by atoms with E-state index in [2.05, 4.69) is 10.2 Å². The molecule has 0 aromatic heterocycles. The molecule has 2 heterocycles. The zero-order valence-corrected chi connectivity index (χ0v) is 20.1. The van der Waals surface area contributed by atoms with Gasteiger partial charge in [-0.3, -0.25) is 9.69 Å². The highest BCUT2D eigenvalue weighted by molar-refractivity contribution is 7.89. The number of hydrogen-bond acceptors (Lipinski definition) is 6. The Balaban J connectivity index is 1.33. The van der Waals surface area contributed by atoms with E-state index in [1.807, 2.05) is 36.1 Å². The van der Waals surface area contributed by atoms with Crippen molar-refractivity contribution < 1.29 is 22.3 Å². The van der Waals surface area contributed by atoms with Gasteiger partial charge in [0.15, 0.2) is 0 Å². The Kier molecular flexibility index (Phi) is 7.82. The Labute approximate surface area is 200 Å². The largest absolute Gasteiger partial charge is 0.378 e. The molecule has 184 valence electrons. The molecule has 1 atom stereocenters. The first-order valence-corrected chi connectivity index (χ1v) is 13.0. The number of carbonyl (C=O) groups is 1. The number of hydrogen-bond donors (Lipinski definition) is 1. The summed E-state index contributed by atoms with van der Waals surface area (Å²) in [6.07, 6.45) is 0.603. The number of nitrogens with zero attached hydrogens (tertiary/aromatic N) is 3. The Morgan fingerprint density at radius 3 is 2.29 bits per heavy atom. The lowest BCUT2D eigenvalue weighted by Crippen LogP contribution is -2.44. The summed E-state index contributed by atoms with van der Waals surface area (Å²) in [5, 5.41) is 2.97. The van der Waals surface area contributed by atoms with Gasteiger partial charge in [-0.2, -0.15) is 4.31 Å². The summed E-state index contributed by atoms with van der Waals surface area (Å²) >= 11 is 0. The molecule has 2 aromatic carbocycles. The molecule has 2 aliphatic rings. The molecule has 0 bridgehead atoms. The first kappa shape index (κ1) is 24.6. The quantitative estimate of drug-likeness (QED) is 0.670. The van der Waals surface area contributed by atoms with Crippen LogP contribution in [0.2, 0.25) is 0 Å². The lowest BCUT2D eigenvalue weighted by molar-refractivity contribution is -0.120. The van der Waals surface area contributed by atoms with E-state index in [-0.39, 0.29) is 17.3 Å². The number of amides is 1. The second-order valence-electron chi connectivity index (χ2n) is 8.56. The van der Waals surface area contributed by atoms with Crippen molar-refractivity contribution in [3.63, 3.8) is 0 Å². The molecule has 0 aliphatic carbocycles. The van der Waals surface area contributed by atoms with Crippen molar-refractivity contribution in [1.82, 2.24) is 9.21 Å². The van der Waals surface area contributed by atoms with Gasteiger partial charge in [0.1, 0.15) is 5.82 Å². The van der Waals surface area contributed by atoms with Crippen LogP contribution in [0.4, 0.5) is 15.8 Å². The lowest BCUT2D eigenvalue weighted by atomic mass is 10.2. The standard InChI is InChI=1S/C24H31FN4O4S/c1-19(24(30)26-21-5-7-22(8-6-21)28-15-17-33-18-16-28)27-11-2-12-29(14-13-27)34(31,32)23-9-3-20(25)4-10-23/h3-10,19H,2,11-18H2,1H3,(H,26,30). The van der Waals surface area contributed by atoms with Gasteiger partial charge in [-0.15, -0.1) is 0 Å². The van der Waals surface area contributed by atoms with Crippen molar-refractivity contribution >= 4 is 27.3 Å². The summed E-state index contributed by atoms with van der Waals surface area (Å²) in [5.74, 6) is -0.606. The van der Waals surface area contributed by atoms with Crippen LogP contribution in [0.3, 0.4) is 0 Å². The number of ether oxygens (including phenoxy) is 1. The molecule has 1 N–H and O–H groups in total. The van der Waals surface area contributed by atoms with Gasteiger partial charge < -0.3 is 15.0 Å². The van der Waals surface area contributed by atoms with Gasteiger partial charge >= 0.3 is 0 Å². The predicted octanol–water partition coefficient (Wildman–Crippen LogP) is 2.39. The van der Waals surface area contributed by atoms with Gasteiger partial charge in [-0.05, 0) is 61.9 Å². The second kappa shape index (κ2) is 10.8. The number of morpholine rings is 1. The van der Waals surface area contributed by atoms with E-state index in [1.165, 1.54) is 16.4 Å². The summed E-state index contributed by atoms with van der Waals surface area (Å²) in [4.78, 5) is 17.2. The molecule has 1 amide bonds. The zero-order chi connectivity index (χ0) is 24.1. The van der Waals surface area contributed by atoms with Crippen molar-refractivity contribution in [1.29, 1.82) is 0 Å². The van der Waals surface area contributed by atoms with Gasteiger partial charge in [0.2, 0.25) is 15.9 Å². The maximum atomic E-state index is 13.2. The fourth-order valence-corrected chi connectivity index (χ4v) is 5.76. The summed E-state index contributed by atoms with van der Waals surface area (Å²) in [6.45, 7) is 6.64. The summed E-state index contributed by atoms with van der Waals surface area (Å²) in [6, 6.07) is 12.2. The van der Waals surface area contributed by atoms with Crippen LogP contribution in [0.15, 0.2) is 53.4 Å². The first-order chi connectivity index (χ1) is 16.3. The van der Waals surface area contributed by atoms with E-state index < -0.39 is 21.9 Å². The summed E-state index contributed by atoms with van der Waals surface area (Å²) < 4.78 is 45.9. The van der Waals surface area contributed by atoms with E-state index in [0.717, 1.165) is 36.6 Å². The molecule has 2 saturated heterocycles. The Morgan fingerprint density at radius 1 is 0.941 bits per heavy atom. The molecule has 0 radical (unpaired) electrons. The zero-order valence-electron chi connectivity index (χ0n) is 19.3. The monoisotopic (exact) mass is 490 g/mol. The molecule has 1 unspecified atom stereocenters. The van der Waals surface area contributed by atoms with Crippen LogP contribution < -0.4 is 10.2 Å². The average molecular weight is 491 g/mol. The summed E-state index contributed by atoms with van der Waals surface area (Å²) in [7, 11) is -3.71. The molecule has 10 heteroatoms. The minimum absolute atomic E-state index is 0.0775. The highest BCUT2D eigenvalue weighted by Gasteiger charge is 2.30. The molecule has 2 fully saturated rings. The maximum Gasteiger partial charge on any atom is 0.243 e. The molecule has 2 aliphatic heterocycles. The van der Waals surface area contributed by atoms with Gasteiger partial charge in [0.25, 0.3) is 0 Å². The molecule has 0 spiro atoms. The predicted molar refractivity (Wildman–Crippen MR) is 129 cm³/mol. The Hall–Kier alpha value is -2.53. The second-order valence-corrected chi connectivity index (χ2v) is 10.5. The van der Waals surface area contributed by atoms with E-state index in [4.69, 9.17) is 4.74 Å². The van der Waals surface area contributed by atoms with Gasteiger partial charge in [-0.25, -0.2) is 12.8 Å². The van der Waals surface area contributed by atoms with Crippen LogP contribution >= 0.6 is 0 Å². The van der Waals surface area contributed by atoms with Gasteiger partial charge in [0, 0.05) is 50.6 Å². The molecular weight excluding hydrogens is 459 g/mol. The van der Waals surface area contributed by atoms with E-state index in [0.29, 0.717) is 39.3 Å². The molecule has 34 heavy (non-hydrogen) atoms. The molecule has 8 nitrogen and oxygen atoms in total. The van der Waals surface area contributed by atoms with E-state index >= 15 is 0 Å². The van der Waals surface area contributed by atoms with Gasteiger partial charge in [0.05, 0.1) is 24.2 Å². The number of rotatable bonds is 6. The van der Waals surface area contributed by atoms with Crippen molar-refractivity contribution in [3.05, 3.63) is 54.3 Å². The maximum absolute atomic E-state index is 13.2. The van der Waals surface area contributed by atoms with Crippen LogP contribution in [0, 0.1) is 5.82 Å². The van der Waals surface area contributed by atoms with Gasteiger partial charge in [-0.1, -0.05) is 0 Å². The molecule has 0 saturated carbocycles. The average Bonchev–Trinajstić information content (AvgIpc) is 3.12. The van der Waals surface area contributed by atoms with Crippen LogP contribution in [0.25, 0.3) is 0 Å². The fourth-order valence-electron chi connectivity index (χ4n) is 4.29. The number of benzene rings is 2. The lowest BCUT2D eigenvalue weighted by Gasteiger charge is -2.29. The highest BCUT2D eigenvalue weighted by atomic mass is 32.2. The van der Waals surface area contributed by atoms with Crippen molar-refractivity contribution in [3.8, 4) is 0 Å². The normalized spacial score (nSPS) is 19.4. The minimum Gasteiger partial charge on any atom is -0.378 e. The SMILES string of the molecule is CC(C(=O)Nc1ccc(N2CCOCC2)cc1)N1CCCN(S(=O)(=O)c2ccc(F)cc2)CC1. The van der Waals surface area contributed by atoms with E-state index in [1.54, 1.807) is 0 Å². The van der Waals surface area contributed by atoms with E-state index in [9.17, 15) is 17.6 Å².